The van der Waals surface area contributed by atoms with Crippen molar-refractivity contribution in [2.24, 2.45) is 0 Å². The van der Waals surface area contributed by atoms with E-state index < -0.39 is 45.0 Å². The molecule has 1 fully saturated rings. The van der Waals surface area contributed by atoms with E-state index in [1.165, 1.54) is 0 Å². The average Bonchev–Trinajstić information content (AvgIpc) is 2.22. The van der Waals surface area contributed by atoms with Gasteiger partial charge in [0.25, 0.3) is 0 Å². The Hall–Kier alpha value is -0.940. The van der Waals surface area contributed by atoms with E-state index in [0.29, 0.717) is 0 Å². The van der Waals surface area contributed by atoms with Crippen LogP contribution in [-0.4, -0.2) is 43.3 Å². The molecule has 1 rings (SSSR count). The van der Waals surface area contributed by atoms with Gasteiger partial charge in [-0.15, -0.1) is 0 Å². The van der Waals surface area contributed by atoms with Crippen molar-refractivity contribution < 1.29 is 65.7 Å². The van der Waals surface area contributed by atoms with Crippen LogP contribution in [0.3, 0.4) is 0 Å². The van der Waals surface area contributed by atoms with Crippen molar-refractivity contribution in [3.8, 4) is 0 Å². The molecule has 132 valence electrons. The van der Waals surface area contributed by atoms with Crippen LogP contribution in [0.1, 0.15) is 0 Å². The summed E-state index contributed by atoms with van der Waals surface area (Å²) >= 11 is 0. The van der Waals surface area contributed by atoms with Crippen molar-refractivity contribution in [2.75, 3.05) is 0 Å². The molecule has 0 amide bonds. The van der Waals surface area contributed by atoms with Gasteiger partial charge in [0, 0.05) is 0 Å². The number of hydrogen-bond acceptors (Lipinski definition) is 5. The number of halogens is 11. The summed E-state index contributed by atoms with van der Waals surface area (Å²) in [6.07, 6.45) is -12.5. The predicted octanol–water partition coefficient (Wildman–Crippen LogP) is 2.47. The van der Waals surface area contributed by atoms with Crippen LogP contribution < -0.4 is 0 Å². The molecule has 17 heteroatoms. The second kappa shape index (κ2) is 4.54. The van der Waals surface area contributed by atoms with Crippen LogP contribution in [0, 0.1) is 0 Å². The van der Waals surface area contributed by atoms with Gasteiger partial charge in [0.15, 0.2) is 0 Å². The largest absolute Gasteiger partial charge is 0.523 e. The summed E-state index contributed by atoms with van der Waals surface area (Å²) in [7, 11) is -7.37. The molecule has 1 heterocycles. The van der Waals surface area contributed by atoms with Crippen molar-refractivity contribution in [3.63, 3.8) is 0 Å². The van der Waals surface area contributed by atoms with E-state index in [1.807, 2.05) is 4.18 Å². The minimum Gasteiger partial charge on any atom is -0.212 e. The first-order valence-corrected chi connectivity index (χ1v) is 5.73. The Labute approximate surface area is 112 Å². The molecular formula is C5F11NO4S. The lowest BCUT2D eigenvalue weighted by molar-refractivity contribution is -0.649. The van der Waals surface area contributed by atoms with E-state index in [4.69, 9.17) is 0 Å². The van der Waals surface area contributed by atoms with Gasteiger partial charge >= 0.3 is 39.9 Å². The predicted molar refractivity (Wildman–Crippen MR) is 38.8 cm³/mol. The molecule has 0 unspecified atom stereocenters. The molecule has 0 atom stereocenters. The highest BCUT2D eigenvalue weighted by Crippen LogP contribution is 2.56. The van der Waals surface area contributed by atoms with Crippen molar-refractivity contribution in [1.29, 1.82) is 0 Å². The molecule has 0 spiro atoms. The lowest BCUT2D eigenvalue weighted by Gasteiger charge is -2.48. The van der Waals surface area contributed by atoms with Crippen LogP contribution in [0.2, 0.25) is 0 Å². The van der Waals surface area contributed by atoms with Gasteiger partial charge in [0.1, 0.15) is 0 Å². The second-order valence-corrected chi connectivity index (χ2v) is 5.02. The molecule has 22 heavy (non-hydrogen) atoms. The molecule has 0 aromatic heterocycles. The van der Waals surface area contributed by atoms with Gasteiger partial charge in [-0.25, -0.2) is 4.84 Å². The van der Waals surface area contributed by atoms with Crippen LogP contribution in [0.5, 0.6) is 0 Å². The summed E-state index contributed by atoms with van der Waals surface area (Å²) in [4.78, 5) is 2.36. The maximum absolute atomic E-state index is 12.9. The molecule has 0 aromatic carbocycles. The first-order chi connectivity index (χ1) is 9.30. The monoisotopic (exact) mass is 379 g/mol. The molecular weight excluding hydrogens is 379 g/mol. The zero-order valence-electron chi connectivity index (χ0n) is 9.15. The second-order valence-electron chi connectivity index (χ2n) is 3.48. The third-order valence-electron chi connectivity index (χ3n) is 1.91. The van der Waals surface area contributed by atoms with Gasteiger partial charge in [-0.2, -0.15) is 60.9 Å². The summed E-state index contributed by atoms with van der Waals surface area (Å²) < 4.78 is 158. The van der Waals surface area contributed by atoms with Crippen molar-refractivity contribution in [1.82, 2.24) is 5.06 Å². The van der Waals surface area contributed by atoms with Gasteiger partial charge < -0.3 is 0 Å². The van der Waals surface area contributed by atoms with Crippen molar-refractivity contribution >= 4 is 10.1 Å². The lowest BCUT2D eigenvalue weighted by atomic mass is 10.3. The zero-order chi connectivity index (χ0) is 18.0. The summed E-state index contributed by atoms with van der Waals surface area (Å²) in [6, 6.07) is -12.8. The van der Waals surface area contributed by atoms with Gasteiger partial charge in [-0.3, -0.25) is 0 Å². The summed E-state index contributed by atoms with van der Waals surface area (Å²) in [5.41, 5.74) is -6.62. The Bertz CT molecular complexity index is 553. The molecule has 1 aliphatic rings. The van der Waals surface area contributed by atoms with Crippen LogP contribution >= 0.6 is 0 Å². The van der Waals surface area contributed by atoms with Crippen molar-refractivity contribution in [3.05, 3.63) is 0 Å². The summed E-state index contributed by atoms with van der Waals surface area (Å²) in [5, 5.41) is -2.67. The van der Waals surface area contributed by atoms with E-state index in [1.54, 1.807) is 0 Å². The molecule has 1 saturated heterocycles. The van der Waals surface area contributed by atoms with E-state index in [2.05, 4.69) is 4.84 Å². The molecule has 0 N–H and O–H groups in total. The van der Waals surface area contributed by atoms with E-state index in [9.17, 15) is 56.7 Å². The Morgan fingerprint density at radius 3 is 1.59 bits per heavy atom. The lowest BCUT2D eigenvalue weighted by Crippen LogP contribution is -2.76. The maximum atomic E-state index is 12.9. The molecule has 0 aromatic rings. The minimum absolute atomic E-state index is 1.84. The first-order valence-electron chi connectivity index (χ1n) is 4.32. The van der Waals surface area contributed by atoms with Crippen LogP contribution in [0.25, 0.3) is 0 Å². The van der Waals surface area contributed by atoms with Crippen LogP contribution in [0.15, 0.2) is 0 Å². The smallest absolute Gasteiger partial charge is 0.212 e. The average molecular weight is 379 g/mol. The van der Waals surface area contributed by atoms with Gasteiger partial charge in [0.2, 0.25) is 0 Å². The number of hydrogen-bond donors (Lipinski definition) is 0. The standard InChI is InChI=1S/C5F11NO4S/c6-1(7)3(10,11)20-17(1)2(8,9)4(12,13)21-22(18,19)5(14,15)16. The Balaban J connectivity index is 3.13. The normalized spacial score (nSPS) is 23.2. The Morgan fingerprint density at radius 1 is 0.909 bits per heavy atom. The third-order valence-corrected chi connectivity index (χ3v) is 2.91. The summed E-state index contributed by atoms with van der Waals surface area (Å²) in [5.74, 6) is 0. The highest BCUT2D eigenvalue weighted by Gasteiger charge is 2.85. The van der Waals surface area contributed by atoms with E-state index in [0.717, 1.165) is 0 Å². The summed E-state index contributed by atoms with van der Waals surface area (Å²) in [6.45, 7) is 0. The van der Waals surface area contributed by atoms with Gasteiger partial charge in [-0.05, 0) is 5.06 Å². The highest BCUT2D eigenvalue weighted by atomic mass is 32.2. The number of hydroxylamine groups is 2. The fourth-order valence-electron chi connectivity index (χ4n) is 0.893. The molecule has 0 aliphatic carbocycles. The Morgan fingerprint density at radius 2 is 1.32 bits per heavy atom. The van der Waals surface area contributed by atoms with E-state index in [-0.39, 0.29) is 0 Å². The van der Waals surface area contributed by atoms with Gasteiger partial charge in [0.05, 0.1) is 0 Å². The van der Waals surface area contributed by atoms with Gasteiger partial charge in [-0.1, -0.05) is 0 Å². The molecule has 1 aliphatic heterocycles. The maximum Gasteiger partial charge on any atom is 0.523 e. The van der Waals surface area contributed by atoms with Crippen molar-refractivity contribution in [2.45, 2.75) is 29.8 Å². The minimum atomic E-state index is -7.37. The third kappa shape index (κ3) is 2.58. The molecule has 0 saturated carbocycles. The van der Waals surface area contributed by atoms with Crippen LogP contribution in [-0.2, 0) is 19.1 Å². The molecule has 0 radical (unpaired) electrons. The zero-order valence-corrected chi connectivity index (χ0v) is 9.96. The number of nitrogens with zero attached hydrogens (tertiary/aromatic N) is 1. The number of alkyl halides is 11. The SMILES string of the molecule is O=S(=O)(OC(F)(F)C(F)(F)N1OC(F)(F)C1(F)F)C(F)(F)F. The fraction of sp³-hybridized carbons (Fsp3) is 1.00. The first kappa shape index (κ1) is 19.1. The fourth-order valence-corrected chi connectivity index (χ4v) is 1.36. The topological polar surface area (TPSA) is 55.8 Å². The Kier molecular flexibility index (Phi) is 3.94. The number of rotatable bonds is 4. The molecule has 5 nitrogen and oxygen atoms in total. The molecule has 0 bridgehead atoms. The van der Waals surface area contributed by atoms with E-state index >= 15 is 0 Å². The quantitative estimate of drug-likeness (QED) is 0.325. The highest BCUT2D eigenvalue weighted by molar-refractivity contribution is 7.87. The van der Waals surface area contributed by atoms with Crippen LogP contribution in [0.4, 0.5) is 48.3 Å².